The summed E-state index contributed by atoms with van der Waals surface area (Å²) in [5.41, 5.74) is 12.2. The van der Waals surface area contributed by atoms with E-state index in [-0.39, 0.29) is 107 Å². The van der Waals surface area contributed by atoms with Gasteiger partial charge in [-0.1, -0.05) is 76.2 Å². The number of rotatable bonds is 33. The number of fused-ring (bicyclic) bond motifs is 3. The Labute approximate surface area is 651 Å². The van der Waals surface area contributed by atoms with Gasteiger partial charge in [0.25, 0.3) is 17.7 Å². The summed E-state index contributed by atoms with van der Waals surface area (Å²) in [4.78, 5) is 155. The summed E-state index contributed by atoms with van der Waals surface area (Å²) in [6, 6.07) is 19.5. The Kier molecular flexibility index (Phi) is 27.6. The fraction of sp³-hybridized carbons (Fsp3) is 0.487. The molecular formula is C76H97N16O18PS. The summed E-state index contributed by atoms with van der Waals surface area (Å²) in [5.74, 6) is -4.71. The number of hydrogen-bond acceptors (Lipinski definition) is 24. The van der Waals surface area contributed by atoms with Crippen molar-refractivity contribution in [1.29, 1.82) is 0 Å². The number of phosphoric acid groups is 1. The second kappa shape index (κ2) is 37.4. The standard InChI is InChI=1S/C76H97N16O18PS/c1-44(2)67(74(100)91-40-54(110-111(103,104)105)37-59(91)72(98)80-46(5)50-16-18-51(19-17-50)69-47(6)79-43-112-69)62-39-64(86-109-62)107-36-32-87-28-24-53(25-29-87)88-30-31-89-58-38-57(55-11-8-9-13-61(55)93)84-85-70(58)92(48(7)60(89)41-88)76(102)108-42-49-14-20-52(21-15-49)81-71(97)56(12-10-27-78-75(77)101)82-73(99)68(45(3)4)83-63(94)26-34-106-35-33-90-65(95)22-23-66(90)96/h8-9,11,13-23,38-39,43-46,48,53-54,56,59-60,67-68,93H,10,12,24-37,40-42H2,1-7H3,(H,80,98)(H,81,97)(H,82,99)(H,83,94)(H3,77,78,101)(H2,103,104,105)/t46-,48-,54+,56-,59-,60-,67+,68-/m0/s1. The number of amides is 10. The number of thiazole rings is 1. The van der Waals surface area contributed by atoms with Crippen molar-refractivity contribution in [3.63, 3.8) is 0 Å². The van der Waals surface area contributed by atoms with Crippen molar-refractivity contribution < 1.29 is 85.9 Å². The third-order valence-electron chi connectivity index (χ3n) is 20.8. The highest BCUT2D eigenvalue weighted by Crippen LogP contribution is 2.44. The van der Waals surface area contributed by atoms with Gasteiger partial charge in [-0.05, 0) is 124 Å². The molecule has 5 aliphatic rings. The maximum Gasteiger partial charge on any atom is 0.469 e. The van der Waals surface area contributed by atoms with E-state index in [0.29, 0.717) is 60.2 Å². The number of aromatic nitrogens is 4. The molecule has 0 unspecified atom stereocenters. The monoisotopic (exact) mass is 1580 g/mol. The molecule has 0 bridgehead atoms. The molecule has 34 nitrogen and oxygen atoms in total. The van der Waals surface area contributed by atoms with Crippen LogP contribution in [-0.2, 0) is 58.7 Å². The van der Waals surface area contributed by atoms with Crippen molar-refractivity contribution in [3.8, 4) is 33.3 Å². The predicted octanol–water partition coefficient (Wildman–Crippen LogP) is 5.89. The molecule has 10 N–H and O–H groups in total. The normalized spacial score (nSPS) is 19.2. The molecule has 36 heteroatoms. The second-order valence-electron chi connectivity index (χ2n) is 29.2. The number of imide groups is 1. The topological polar surface area (TPSA) is 439 Å². The van der Waals surface area contributed by atoms with Crippen LogP contribution in [0.5, 0.6) is 11.6 Å². The fourth-order valence-electron chi connectivity index (χ4n) is 14.7. The van der Waals surface area contributed by atoms with E-state index in [1.165, 1.54) is 21.1 Å². The lowest BCUT2D eigenvalue weighted by Crippen LogP contribution is -2.66. The van der Waals surface area contributed by atoms with Gasteiger partial charge in [0, 0.05) is 87.6 Å². The van der Waals surface area contributed by atoms with Crippen LogP contribution in [0.15, 0.2) is 107 Å². The highest BCUT2D eigenvalue weighted by atomic mass is 32.1. The van der Waals surface area contributed by atoms with Gasteiger partial charge in [0.1, 0.15) is 43.0 Å². The van der Waals surface area contributed by atoms with E-state index in [0.717, 1.165) is 64.7 Å². The van der Waals surface area contributed by atoms with Gasteiger partial charge in [-0.15, -0.1) is 21.5 Å². The number of benzene rings is 3. The van der Waals surface area contributed by atoms with Gasteiger partial charge in [0.15, 0.2) is 11.6 Å². The molecule has 3 aromatic heterocycles. The SMILES string of the molecule is Cc1ncsc1-c1ccc([C@H](C)NC(=O)[C@@H]2C[C@@H](OP(=O)(O)O)CN2C(=O)[C@@H](c2cc(OCCN3CCC(N4CCN5c6cc(-c7ccccc7O)nnc6N(C(=O)OCc6ccc(NC(=O)[C@H](CCCNC(N)=O)NC(=O)[C@@H](NC(=O)CCOCCN7C(=O)C=CC7=O)C(C)C)cc6)[C@@H](C)[C@@H]5C4)CC3)no2)C(C)C)cc1. The van der Waals surface area contributed by atoms with Gasteiger partial charge < -0.3 is 75.7 Å². The number of para-hydroxylation sites is 1. The Morgan fingerprint density at radius 2 is 1.55 bits per heavy atom. The number of nitrogens with one attached hydrogen (secondary N) is 5. The number of hydrogen-bond donors (Lipinski definition) is 9. The van der Waals surface area contributed by atoms with E-state index in [4.69, 9.17) is 29.0 Å². The largest absolute Gasteiger partial charge is 0.507 e. The molecule has 5 aliphatic heterocycles. The van der Waals surface area contributed by atoms with Gasteiger partial charge in [-0.3, -0.25) is 57.7 Å². The molecule has 0 aliphatic carbocycles. The molecule has 600 valence electrons. The van der Waals surface area contributed by atoms with Crippen LogP contribution in [0.1, 0.15) is 115 Å². The molecule has 6 aromatic rings. The van der Waals surface area contributed by atoms with Gasteiger partial charge >= 0.3 is 19.9 Å². The van der Waals surface area contributed by atoms with Crippen molar-refractivity contribution in [2.24, 2.45) is 17.6 Å². The first kappa shape index (κ1) is 82.7. The first-order valence-corrected chi connectivity index (χ1v) is 39.9. The number of likely N-dealkylation sites (tertiary alicyclic amines) is 2. The number of anilines is 3. The maximum atomic E-state index is 14.7. The number of nitrogens with zero attached hydrogens (tertiary/aromatic N) is 10. The Hall–Kier alpha value is -10.3. The van der Waals surface area contributed by atoms with Gasteiger partial charge in [0.05, 0.1) is 71.5 Å². The first-order chi connectivity index (χ1) is 53.6. The van der Waals surface area contributed by atoms with Gasteiger partial charge in [-0.2, -0.15) is 0 Å². The number of carbonyl (C=O) groups is 9. The van der Waals surface area contributed by atoms with Crippen LogP contribution in [0.2, 0.25) is 0 Å². The van der Waals surface area contributed by atoms with Crippen LogP contribution in [0.3, 0.4) is 0 Å². The third-order valence-corrected chi connectivity index (χ3v) is 22.3. The van der Waals surface area contributed by atoms with E-state index in [2.05, 4.69) is 61.6 Å². The van der Waals surface area contributed by atoms with Crippen LogP contribution in [0.4, 0.5) is 26.8 Å². The van der Waals surface area contributed by atoms with Crippen molar-refractivity contribution in [3.05, 3.63) is 125 Å². The lowest BCUT2D eigenvalue weighted by molar-refractivity contribution is -0.141. The molecule has 112 heavy (non-hydrogen) atoms. The number of aromatic hydroxyl groups is 1. The van der Waals surface area contributed by atoms with E-state index in [1.807, 2.05) is 65.0 Å². The lowest BCUT2D eigenvalue weighted by Gasteiger charge is -2.53. The smallest absolute Gasteiger partial charge is 0.469 e. The number of carbonyl (C=O) groups excluding carboxylic acids is 9. The zero-order chi connectivity index (χ0) is 80.1. The average molecular weight is 1590 g/mol. The van der Waals surface area contributed by atoms with Crippen molar-refractivity contribution in [2.75, 3.05) is 93.8 Å². The molecule has 0 radical (unpaired) electrons. The Bertz CT molecular complexity index is 4420. The van der Waals surface area contributed by atoms with Crippen LogP contribution in [0.25, 0.3) is 21.7 Å². The maximum absolute atomic E-state index is 14.7. The number of piperazine rings is 1. The molecule has 3 fully saturated rings. The number of nitrogens with two attached hydrogens (primary N) is 1. The molecule has 0 spiro atoms. The minimum absolute atomic E-state index is 0.00587. The predicted molar refractivity (Wildman–Crippen MR) is 411 cm³/mol. The summed E-state index contributed by atoms with van der Waals surface area (Å²) in [5, 5.41) is 38.0. The number of primary amides is 1. The summed E-state index contributed by atoms with van der Waals surface area (Å²) in [7, 11) is -5.00. The molecule has 3 aromatic carbocycles. The summed E-state index contributed by atoms with van der Waals surface area (Å²) >= 11 is 1.53. The number of phenols is 1. The van der Waals surface area contributed by atoms with Crippen LogP contribution in [-0.4, -0.2) is 229 Å². The number of urea groups is 1. The molecule has 8 atom stereocenters. The quantitative estimate of drug-likeness (QED) is 0.0132. The van der Waals surface area contributed by atoms with E-state index in [9.17, 15) is 62.6 Å². The van der Waals surface area contributed by atoms with Gasteiger partial charge in [-0.25, -0.2) is 19.1 Å². The number of aryl methyl sites for hydroxylation is 1. The Balaban J connectivity index is 0.678. The van der Waals surface area contributed by atoms with E-state index >= 15 is 0 Å². The second-order valence-corrected chi connectivity index (χ2v) is 31.2. The highest BCUT2D eigenvalue weighted by molar-refractivity contribution is 7.46. The number of piperidine rings is 1. The van der Waals surface area contributed by atoms with E-state index in [1.54, 1.807) is 74.0 Å². The van der Waals surface area contributed by atoms with E-state index < -0.39 is 109 Å². The van der Waals surface area contributed by atoms with Crippen LogP contribution < -0.4 is 46.9 Å². The zero-order valence-electron chi connectivity index (χ0n) is 63.5. The fourth-order valence-corrected chi connectivity index (χ4v) is 16.1. The molecule has 10 amide bonds. The average Bonchev–Trinajstić information content (AvgIpc) is 0.884. The van der Waals surface area contributed by atoms with Crippen molar-refractivity contribution in [1.82, 2.24) is 61.2 Å². The van der Waals surface area contributed by atoms with Gasteiger partial charge in [0.2, 0.25) is 29.5 Å². The molecule has 0 saturated carbocycles. The molecule has 3 saturated heterocycles. The summed E-state index contributed by atoms with van der Waals surface area (Å²) in [6.45, 7) is 16.7. The number of phosphoric ester groups is 1. The molecular weight excluding hydrogens is 1490 g/mol. The first-order valence-electron chi connectivity index (χ1n) is 37.5. The minimum atomic E-state index is -5.00. The zero-order valence-corrected chi connectivity index (χ0v) is 65.2. The Morgan fingerprint density at radius 3 is 2.23 bits per heavy atom. The van der Waals surface area contributed by atoms with Crippen molar-refractivity contribution >= 4 is 89.8 Å². The van der Waals surface area contributed by atoms with Crippen molar-refractivity contribution in [2.45, 2.75) is 148 Å². The highest BCUT2D eigenvalue weighted by Gasteiger charge is 2.48. The summed E-state index contributed by atoms with van der Waals surface area (Å²) in [6.07, 6.45) is 2.24. The van der Waals surface area contributed by atoms with Crippen LogP contribution >= 0.6 is 19.2 Å². The molecule has 8 heterocycles. The number of ether oxygens (including phenoxy) is 3. The summed E-state index contributed by atoms with van der Waals surface area (Å²) < 4.78 is 40.6. The Morgan fingerprint density at radius 1 is 0.821 bits per heavy atom. The third kappa shape index (κ3) is 20.9. The minimum Gasteiger partial charge on any atom is -0.507 e. The molecule has 11 rings (SSSR count). The van der Waals surface area contributed by atoms with Crippen LogP contribution in [0, 0.1) is 18.8 Å². The lowest BCUT2D eigenvalue weighted by atomic mass is 9.91. The number of phenolic OH excluding ortho intramolecular Hbond substituents is 1.